The molecule has 6 heavy (non-hydrogen) atoms. The van der Waals surface area contributed by atoms with Crippen LogP contribution in [-0.2, 0) is 16.5 Å². The first-order valence-electron chi connectivity index (χ1n) is 1.04. The van der Waals surface area contributed by atoms with Crippen molar-refractivity contribution in [3.63, 3.8) is 0 Å². The molecule has 1 radical (unpaired) electrons. The van der Waals surface area contributed by atoms with Crippen molar-refractivity contribution < 1.29 is 16.5 Å². The van der Waals surface area contributed by atoms with Crippen LogP contribution in [0.5, 0.6) is 0 Å². The SMILES string of the molecule is [CH-]=C[N-]C.[CH3-].[Ni+3]. The summed E-state index contributed by atoms with van der Waals surface area (Å²) in [5.41, 5.74) is 0. The monoisotopic (exact) mass is 128 g/mol. The Morgan fingerprint density at radius 2 is 1.83 bits per heavy atom. The van der Waals surface area contributed by atoms with Crippen LogP contribution in [0.2, 0.25) is 0 Å². The second kappa shape index (κ2) is 19.8. The van der Waals surface area contributed by atoms with Gasteiger partial charge in [0.25, 0.3) is 0 Å². The fraction of sp³-hybridized carbons (Fsp3) is 0.250. The van der Waals surface area contributed by atoms with Gasteiger partial charge >= 0.3 is 16.5 Å². The van der Waals surface area contributed by atoms with E-state index >= 15 is 0 Å². The predicted octanol–water partition coefficient (Wildman–Crippen LogP) is 1.38. The molecule has 2 heteroatoms. The van der Waals surface area contributed by atoms with Gasteiger partial charge in [-0.2, -0.15) is 0 Å². The molecule has 0 aromatic rings. The molecule has 0 atom stereocenters. The summed E-state index contributed by atoms with van der Waals surface area (Å²) in [6, 6.07) is 0. The van der Waals surface area contributed by atoms with Crippen LogP contribution in [0.3, 0.4) is 0 Å². The molecule has 0 unspecified atom stereocenters. The molecular formula is C4H8NNi. The predicted molar refractivity (Wildman–Crippen MR) is 24.6 cm³/mol. The summed E-state index contributed by atoms with van der Waals surface area (Å²) < 4.78 is 0. The number of hydrogen-bond donors (Lipinski definition) is 0. The van der Waals surface area contributed by atoms with Crippen LogP contribution in [0.4, 0.5) is 0 Å². The molecule has 0 rings (SSSR count). The van der Waals surface area contributed by atoms with Crippen molar-refractivity contribution in [3.05, 3.63) is 25.5 Å². The van der Waals surface area contributed by atoms with E-state index in [1.54, 1.807) is 7.05 Å². The van der Waals surface area contributed by atoms with Crippen molar-refractivity contribution in [1.82, 2.24) is 0 Å². The molecule has 0 aliphatic heterocycles. The molecule has 0 saturated heterocycles. The molecule has 0 N–H and O–H groups in total. The zero-order valence-corrected chi connectivity index (χ0v) is 4.91. The van der Waals surface area contributed by atoms with E-state index in [1.165, 1.54) is 6.20 Å². The van der Waals surface area contributed by atoms with Gasteiger partial charge in [-0.25, -0.2) is 0 Å². The van der Waals surface area contributed by atoms with E-state index in [-0.39, 0.29) is 23.9 Å². The van der Waals surface area contributed by atoms with E-state index in [0.29, 0.717) is 0 Å². The first kappa shape index (κ1) is 16.6. The van der Waals surface area contributed by atoms with E-state index in [0.717, 1.165) is 0 Å². The van der Waals surface area contributed by atoms with Gasteiger partial charge < -0.3 is 25.5 Å². The average Bonchev–Trinajstić information content (AvgIpc) is 1.37. The molecule has 0 spiro atoms. The van der Waals surface area contributed by atoms with E-state index < -0.39 is 0 Å². The van der Waals surface area contributed by atoms with Gasteiger partial charge in [-0.1, -0.05) is 0 Å². The van der Waals surface area contributed by atoms with Crippen molar-refractivity contribution in [1.29, 1.82) is 0 Å². The molecular weight excluding hydrogens is 121 g/mol. The van der Waals surface area contributed by atoms with Gasteiger partial charge in [-0.15, -0.1) is 7.05 Å². The van der Waals surface area contributed by atoms with Crippen molar-refractivity contribution in [2.75, 3.05) is 7.05 Å². The smallest absolute Gasteiger partial charge is 0.723 e. The Kier molecular flexibility index (Phi) is 54.8. The van der Waals surface area contributed by atoms with E-state index in [4.69, 9.17) is 6.58 Å². The van der Waals surface area contributed by atoms with E-state index in [2.05, 4.69) is 5.32 Å². The minimum Gasteiger partial charge on any atom is -0.723 e. The summed E-state index contributed by atoms with van der Waals surface area (Å²) in [6.45, 7) is 4.74. The second-order valence-corrected chi connectivity index (χ2v) is 0.407. The zero-order chi connectivity index (χ0) is 3.41. The average molecular weight is 129 g/mol. The third-order valence-electron chi connectivity index (χ3n) is 0.149. The van der Waals surface area contributed by atoms with Gasteiger partial charge in [0.1, 0.15) is 0 Å². The van der Waals surface area contributed by atoms with Crippen molar-refractivity contribution >= 4 is 0 Å². The topological polar surface area (TPSA) is 14.1 Å². The van der Waals surface area contributed by atoms with Gasteiger partial charge in [0.15, 0.2) is 0 Å². The summed E-state index contributed by atoms with van der Waals surface area (Å²) >= 11 is 0. The second-order valence-electron chi connectivity index (χ2n) is 0.407. The quantitative estimate of drug-likeness (QED) is 0.375. The molecule has 0 amide bonds. The molecule has 0 aromatic carbocycles. The van der Waals surface area contributed by atoms with Crippen molar-refractivity contribution in [2.45, 2.75) is 0 Å². The normalized spacial score (nSPS) is 3.50. The van der Waals surface area contributed by atoms with Crippen LogP contribution < -0.4 is 0 Å². The Hall–Kier alpha value is 0.0335. The molecule has 0 aliphatic rings. The van der Waals surface area contributed by atoms with Crippen LogP contribution >= 0.6 is 0 Å². The Labute approximate surface area is 49.7 Å². The van der Waals surface area contributed by atoms with E-state index in [1.807, 2.05) is 0 Å². The largest absolute Gasteiger partial charge is 3.00 e. The first-order chi connectivity index (χ1) is 1.91. The van der Waals surface area contributed by atoms with Gasteiger partial charge in [0, 0.05) is 0 Å². The Morgan fingerprint density at radius 3 is 1.83 bits per heavy atom. The summed E-state index contributed by atoms with van der Waals surface area (Å²) in [6.07, 6.45) is 1.25. The molecule has 0 bridgehead atoms. The number of rotatable bonds is 1. The van der Waals surface area contributed by atoms with Crippen LogP contribution in [0.25, 0.3) is 5.32 Å². The minimum absolute atomic E-state index is 0. The molecule has 39 valence electrons. The molecule has 0 fully saturated rings. The summed E-state index contributed by atoms with van der Waals surface area (Å²) in [5.74, 6) is 0. The van der Waals surface area contributed by atoms with E-state index in [9.17, 15) is 0 Å². The van der Waals surface area contributed by atoms with Crippen LogP contribution in [0.1, 0.15) is 0 Å². The number of nitrogens with zero attached hydrogens (tertiary/aromatic N) is 1. The molecule has 0 aromatic heterocycles. The van der Waals surface area contributed by atoms with Gasteiger partial charge in [0.2, 0.25) is 0 Å². The molecule has 0 heterocycles. The maximum absolute atomic E-state index is 4.74. The molecule has 0 saturated carbocycles. The Balaban J connectivity index is -0.0000000450. The van der Waals surface area contributed by atoms with Crippen LogP contribution in [-0.4, -0.2) is 7.05 Å². The maximum atomic E-state index is 4.74. The summed E-state index contributed by atoms with van der Waals surface area (Å²) in [5, 5.41) is 3.39. The van der Waals surface area contributed by atoms with Crippen LogP contribution in [0.15, 0.2) is 6.20 Å². The Bertz CT molecular complexity index is 21.5. The van der Waals surface area contributed by atoms with Crippen LogP contribution in [0, 0.1) is 14.0 Å². The fourth-order valence-electron chi connectivity index (χ4n) is 0. The molecule has 1 nitrogen and oxygen atoms in total. The van der Waals surface area contributed by atoms with Gasteiger partial charge in [-0.3, -0.25) is 0 Å². The summed E-state index contributed by atoms with van der Waals surface area (Å²) in [4.78, 5) is 0. The maximum Gasteiger partial charge on any atom is 3.00 e. The third kappa shape index (κ3) is 34.7. The minimum atomic E-state index is 0. The Morgan fingerprint density at radius 1 is 1.67 bits per heavy atom. The number of hydrogen-bond acceptors (Lipinski definition) is 0. The fourth-order valence-corrected chi connectivity index (χ4v) is 0. The van der Waals surface area contributed by atoms with Crippen molar-refractivity contribution in [3.8, 4) is 0 Å². The van der Waals surface area contributed by atoms with Crippen molar-refractivity contribution in [2.24, 2.45) is 0 Å². The third-order valence-corrected chi connectivity index (χ3v) is 0.149. The van der Waals surface area contributed by atoms with Gasteiger partial charge in [-0.05, 0) is 0 Å². The zero-order valence-electron chi connectivity index (χ0n) is 3.92. The summed E-state index contributed by atoms with van der Waals surface area (Å²) in [7, 11) is 1.62. The molecule has 0 aliphatic carbocycles. The first-order valence-corrected chi connectivity index (χ1v) is 1.04. The standard InChI is InChI=1S/C3H5N.CH3.Ni/c1-3-4-2;;/h1,3H,2H3;1H3;/q-2;-1;+3. The van der Waals surface area contributed by atoms with Gasteiger partial charge in [0.05, 0.1) is 0 Å².